The summed E-state index contributed by atoms with van der Waals surface area (Å²) in [6.45, 7) is 3.32. The van der Waals surface area contributed by atoms with Crippen LogP contribution in [0.2, 0.25) is 0 Å². The molecular weight excluding hydrogens is 348 g/mol. The summed E-state index contributed by atoms with van der Waals surface area (Å²) in [6, 6.07) is 10.0. The van der Waals surface area contributed by atoms with Crippen LogP contribution in [-0.2, 0) is 4.79 Å². The number of carbonyl (C=O) groups excluding carboxylic acids is 1. The molecule has 0 atom stereocenters. The van der Waals surface area contributed by atoms with Gasteiger partial charge in [-0.15, -0.1) is 0 Å². The summed E-state index contributed by atoms with van der Waals surface area (Å²) in [5, 5.41) is 17.4. The van der Waals surface area contributed by atoms with Gasteiger partial charge in [0, 0.05) is 6.20 Å². The van der Waals surface area contributed by atoms with E-state index in [-0.39, 0.29) is 12.7 Å². The fraction of sp³-hybridized carbons (Fsp3) is 0.211. The first-order chi connectivity index (χ1) is 13.0. The number of Topliss-reactive ketones (excluding diaryl/α,β-unsaturated/α-hetero) is 1. The maximum Gasteiger partial charge on any atom is 0.401 e. The first-order valence-corrected chi connectivity index (χ1v) is 7.96. The number of benzene rings is 1. The number of oxazole rings is 1. The molecule has 0 aliphatic heterocycles. The van der Waals surface area contributed by atoms with Crippen molar-refractivity contribution in [1.82, 2.24) is 9.97 Å². The average molecular weight is 362 g/mol. The molecule has 0 radical (unpaired) electrons. The molecule has 27 heavy (non-hydrogen) atoms. The second-order valence-corrected chi connectivity index (χ2v) is 5.79. The van der Waals surface area contributed by atoms with Crippen molar-refractivity contribution in [2.45, 2.75) is 13.8 Å². The van der Waals surface area contributed by atoms with Crippen LogP contribution in [0.3, 0.4) is 0 Å². The van der Waals surface area contributed by atoms with Crippen molar-refractivity contribution in [2.75, 3.05) is 6.61 Å². The highest BCUT2D eigenvalue weighted by atomic mass is 16.6. The monoisotopic (exact) mass is 362 g/mol. The molecule has 0 spiro atoms. The Balaban J connectivity index is 1.70. The summed E-state index contributed by atoms with van der Waals surface area (Å²) >= 11 is 0. The van der Waals surface area contributed by atoms with E-state index < -0.39 is 11.7 Å². The van der Waals surface area contributed by atoms with Gasteiger partial charge in [0.1, 0.15) is 23.6 Å². The van der Waals surface area contributed by atoms with Crippen LogP contribution >= 0.6 is 0 Å². The number of fused-ring (bicyclic) bond motifs is 1. The van der Waals surface area contributed by atoms with Gasteiger partial charge < -0.3 is 13.9 Å². The van der Waals surface area contributed by atoms with Gasteiger partial charge in [-0.05, 0) is 49.2 Å². The first kappa shape index (κ1) is 17.9. The van der Waals surface area contributed by atoms with E-state index in [0.29, 0.717) is 28.3 Å². The van der Waals surface area contributed by atoms with Crippen molar-refractivity contribution in [2.24, 2.45) is 5.92 Å². The minimum Gasteiger partial charge on any atom is -0.485 e. The highest BCUT2D eigenvalue weighted by Crippen LogP contribution is 2.28. The topological polar surface area (TPSA) is 122 Å². The number of nitriles is 2. The Bertz CT molecular complexity index is 1080. The highest BCUT2D eigenvalue weighted by molar-refractivity contribution is 5.87. The summed E-state index contributed by atoms with van der Waals surface area (Å²) in [5.41, 5.74) is 2.65. The van der Waals surface area contributed by atoms with Crippen LogP contribution in [0.5, 0.6) is 17.6 Å². The Morgan fingerprint density at radius 3 is 2.74 bits per heavy atom. The molecule has 0 N–H and O–H groups in total. The number of ether oxygens (including phenoxy) is 2. The molecule has 3 aromatic rings. The Morgan fingerprint density at radius 1 is 1.26 bits per heavy atom. The van der Waals surface area contributed by atoms with E-state index in [1.807, 2.05) is 13.0 Å². The third kappa shape index (κ3) is 4.02. The maximum absolute atomic E-state index is 11.7. The third-order valence-corrected chi connectivity index (χ3v) is 3.67. The van der Waals surface area contributed by atoms with Crippen LogP contribution in [-0.4, -0.2) is 22.4 Å². The summed E-state index contributed by atoms with van der Waals surface area (Å²) in [4.78, 5) is 20.1. The van der Waals surface area contributed by atoms with Gasteiger partial charge in [0.05, 0.1) is 12.1 Å². The number of carbonyl (C=O) groups is 1. The lowest BCUT2D eigenvalue weighted by Gasteiger charge is -2.10. The van der Waals surface area contributed by atoms with Crippen molar-refractivity contribution in [3.63, 3.8) is 0 Å². The number of aryl methyl sites for hydroxylation is 2. The molecule has 2 heterocycles. The predicted octanol–water partition coefficient (Wildman–Crippen LogP) is 3.24. The molecule has 0 saturated carbocycles. The largest absolute Gasteiger partial charge is 0.485 e. The molecule has 0 saturated heterocycles. The molecule has 8 heteroatoms. The second-order valence-electron chi connectivity index (χ2n) is 5.79. The first-order valence-electron chi connectivity index (χ1n) is 7.96. The van der Waals surface area contributed by atoms with E-state index in [1.165, 1.54) is 0 Å². The molecule has 0 unspecified atom stereocenters. The van der Waals surface area contributed by atoms with Gasteiger partial charge in [0.25, 0.3) is 5.71 Å². The Labute approximate surface area is 154 Å². The smallest absolute Gasteiger partial charge is 0.401 e. The van der Waals surface area contributed by atoms with Gasteiger partial charge in [-0.2, -0.15) is 15.5 Å². The molecule has 134 valence electrons. The number of hydrogen-bond donors (Lipinski definition) is 0. The zero-order valence-electron chi connectivity index (χ0n) is 14.6. The zero-order chi connectivity index (χ0) is 19.4. The van der Waals surface area contributed by atoms with Crippen molar-refractivity contribution < 1.29 is 18.7 Å². The lowest BCUT2D eigenvalue weighted by Crippen LogP contribution is -2.19. The highest BCUT2D eigenvalue weighted by Gasteiger charge is 2.18. The molecule has 0 aliphatic rings. The van der Waals surface area contributed by atoms with Crippen LogP contribution in [0.25, 0.3) is 11.2 Å². The fourth-order valence-electron chi connectivity index (χ4n) is 2.30. The fourth-order valence-corrected chi connectivity index (χ4v) is 2.30. The van der Waals surface area contributed by atoms with Crippen LogP contribution in [0.1, 0.15) is 11.1 Å². The van der Waals surface area contributed by atoms with Gasteiger partial charge in [-0.25, -0.2) is 4.98 Å². The van der Waals surface area contributed by atoms with Crippen LogP contribution in [0, 0.1) is 42.4 Å². The van der Waals surface area contributed by atoms with Gasteiger partial charge in [-0.3, -0.25) is 4.79 Å². The standard InChI is InChI=1S/C19H14N4O4/c1-11-5-15-18(22-9-11)27-19(23-15)26-14-3-4-17(12(2)6-14)25-10-16(24)13(7-20)8-21/h3-6,9,13H,10H2,1-2H3. The van der Waals surface area contributed by atoms with Crippen molar-refractivity contribution >= 4 is 17.0 Å². The lowest BCUT2D eigenvalue weighted by molar-refractivity contribution is -0.121. The van der Waals surface area contributed by atoms with E-state index in [2.05, 4.69) is 9.97 Å². The van der Waals surface area contributed by atoms with Gasteiger partial charge in [0.2, 0.25) is 5.78 Å². The van der Waals surface area contributed by atoms with Crippen LogP contribution < -0.4 is 9.47 Å². The predicted molar refractivity (Wildman–Crippen MR) is 93.0 cm³/mol. The van der Waals surface area contributed by atoms with E-state index in [0.717, 1.165) is 5.56 Å². The lowest BCUT2D eigenvalue weighted by atomic mass is 10.1. The second kappa shape index (κ2) is 7.54. The molecular formula is C19H14N4O4. The van der Waals surface area contributed by atoms with Crippen LogP contribution in [0.15, 0.2) is 34.9 Å². The maximum atomic E-state index is 11.7. The molecule has 0 amide bonds. The summed E-state index contributed by atoms with van der Waals surface area (Å²) in [5.74, 6) is -1.00. The molecule has 0 fully saturated rings. The SMILES string of the molecule is Cc1cnc2oc(Oc3ccc(OCC(=O)C(C#N)C#N)c(C)c3)nc2c1. The molecule has 3 rings (SSSR count). The van der Waals surface area contributed by atoms with E-state index in [4.69, 9.17) is 24.4 Å². The molecule has 0 aliphatic carbocycles. The number of aromatic nitrogens is 2. The Hall–Kier alpha value is -3.91. The van der Waals surface area contributed by atoms with Gasteiger partial charge >= 0.3 is 6.08 Å². The number of pyridine rings is 1. The molecule has 8 nitrogen and oxygen atoms in total. The minimum absolute atomic E-state index is 0.0669. The average Bonchev–Trinajstić information content (AvgIpc) is 3.03. The molecule has 2 aromatic heterocycles. The summed E-state index contributed by atoms with van der Waals surface area (Å²) in [6.07, 6.45) is 1.75. The number of rotatable bonds is 6. The van der Waals surface area contributed by atoms with E-state index in [9.17, 15) is 4.79 Å². The normalized spacial score (nSPS) is 10.4. The zero-order valence-corrected chi connectivity index (χ0v) is 14.6. The van der Waals surface area contributed by atoms with Crippen molar-refractivity contribution in [1.29, 1.82) is 10.5 Å². The molecule has 1 aromatic carbocycles. The van der Waals surface area contributed by atoms with Crippen molar-refractivity contribution in [3.8, 4) is 29.7 Å². The minimum atomic E-state index is -1.33. The van der Waals surface area contributed by atoms with Gasteiger partial charge in [0.15, 0.2) is 5.92 Å². The third-order valence-electron chi connectivity index (χ3n) is 3.67. The van der Waals surface area contributed by atoms with Gasteiger partial charge in [-0.1, -0.05) is 0 Å². The Morgan fingerprint density at radius 2 is 2.04 bits per heavy atom. The summed E-state index contributed by atoms with van der Waals surface area (Å²) in [7, 11) is 0. The summed E-state index contributed by atoms with van der Waals surface area (Å²) < 4.78 is 16.4. The van der Waals surface area contributed by atoms with E-state index >= 15 is 0 Å². The number of hydrogen-bond acceptors (Lipinski definition) is 8. The quantitative estimate of drug-likeness (QED) is 0.655. The molecule has 0 bridgehead atoms. The van der Waals surface area contributed by atoms with Crippen LogP contribution in [0.4, 0.5) is 0 Å². The number of ketones is 1. The van der Waals surface area contributed by atoms with E-state index in [1.54, 1.807) is 43.5 Å². The number of nitrogens with zero attached hydrogens (tertiary/aromatic N) is 4. The van der Waals surface area contributed by atoms with Crippen molar-refractivity contribution in [3.05, 3.63) is 41.6 Å². The Kier molecular flexibility index (Phi) is 5.00.